The first kappa shape index (κ1) is 11.0. The third-order valence-corrected chi connectivity index (χ3v) is 2.26. The fourth-order valence-electron chi connectivity index (χ4n) is 1.42. The van der Waals surface area contributed by atoms with Gasteiger partial charge >= 0.3 is 0 Å². The van der Waals surface area contributed by atoms with E-state index in [9.17, 15) is 0 Å². The Hall–Kier alpha value is -2.47. The van der Waals surface area contributed by atoms with E-state index in [-0.39, 0.29) is 0 Å². The topological polar surface area (TPSA) is 22.8 Å². The maximum atomic E-state index is 6.86. The van der Waals surface area contributed by atoms with Gasteiger partial charge in [0.2, 0.25) is 0 Å². The highest BCUT2D eigenvalue weighted by Gasteiger charge is 2.03. The van der Waals surface area contributed by atoms with Crippen LogP contribution in [0.1, 0.15) is 0 Å². The summed E-state index contributed by atoms with van der Waals surface area (Å²) in [6, 6.07) is 14.4. The van der Waals surface area contributed by atoms with E-state index in [2.05, 4.69) is 4.85 Å². The van der Waals surface area contributed by atoms with E-state index in [1.165, 1.54) is 0 Å². The van der Waals surface area contributed by atoms with Crippen molar-refractivity contribution in [3.8, 4) is 17.2 Å². The molecular weight excluding hydrogens is 214 g/mol. The van der Waals surface area contributed by atoms with Crippen LogP contribution >= 0.6 is 0 Å². The minimum atomic E-state index is 0.595. The van der Waals surface area contributed by atoms with E-state index >= 15 is 0 Å². The van der Waals surface area contributed by atoms with Crippen molar-refractivity contribution in [2.45, 2.75) is 0 Å². The summed E-state index contributed by atoms with van der Waals surface area (Å²) in [7, 11) is 1.60. The van der Waals surface area contributed by atoms with Gasteiger partial charge < -0.3 is 9.47 Å². The zero-order chi connectivity index (χ0) is 12.1. The van der Waals surface area contributed by atoms with Gasteiger partial charge in [0.25, 0.3) is 0 Å². The zero-order valence-electron chi connectivity index (χ0n) is 9.38. The first-order chi connectivity index (χ1) is 8.33. The van der Waals surface area contributed by atoms with Crippen molar-refractivity contribution in [1.82, 2.24) is 0 Å². The number of hydrogen-bond acceptors (Lipinski definition) is 2. The molecule has 3 nitrogen and oxygen atoms in total. The standard InChI is InChI=1S/C14H11NO2/c1-15-11-7-9-12(10-8-11)17-14-6-4-3-5-13(14)16-2/h3-10H,2H3. The van der Waals surface area contributed by atoms with Crippen molar-refractivity contribution in [1.29, 1.82) is 0 Å². The molecule has 0 saturated heterocycles. The van der Waals surface area contributed by atoms with Crippen molar-refractivity contribution >= 4 is 5.69 Å². The number of ether oxygens (including phenoxy) is 2. The van der Waals surface area contributed by atoms with Crippen LogP contribution in [-0.4, -0.2) is 7.11 Å². The van der Waals surface area contributed by atoms with Gasteiger partial charge in [-0.15, -0.1) is 0 Å². The molecule has 2 rings (SSSR count). The smallest absolute Gasteiger partial charge is 0.187 e. The molecule has 0 atom stereocenters. The average Bonchev–Trinajstić information content (AvgIpc) is 2.40. The molecule has 0 spiro atoms. The highest BCUT2D eigenvalue weighted by Crippen LogP contribution is 2.31. The van der Waals surface area contributed by atoms with E-state index < -0.39 is 0 Å². The summed E-state index contributed by atoms with van der Waals surface area (Å²) in [6.07, 6.45) is 0. The van der Waals surface area contributed by atoms with Crippen LogP contribution in [0.25, 0.3) is 4.85 Å². The molecule has 0 saturated carbocycles. The van der Waals surface area contributed by atoms with E-state index in [1.807, 2.05) is 24.3 Å². The van der Waals surface area contributed by atoms with Crippen LogP contribution < -0.4 is 9.47 Å². The molecule has 17 heavy (non-hydrogen) atoms. The largest absolute Gasteiger partial charge is 0.493 e. The van der Waals surface area contributed by atoms with Crippen molar-refractivity contribution < 1.29 is 9.47 Å². The van der Waals surface area contributed by atoms with Gasteiger partial charge in [0, 0.05) is 0 Å². The molecule has 0 aliphatic heterocycles. The molecule has 0 unspecified atom stereocenters. The first-order valence-corrected chi connectivity index (χ1v) is 5.12. The highest BCUT2D eigenvalue weighted by molar-refractivity contribution is 5.49. The van der Waals surface area contributed by atoms with Crippen LogP contribution in [0, 0.1) is 6.57 Å². The van der Waals surface area contributed by atoms with Gasteiger partial charge in [-0.2, -0.15) is 0 Å². The van der Waals surface area contributed by atoms with Crippen LogP contribution in [0.15, 0.2) is 48.5 Å². The Morgan fingerprint density at radius 1 is 0.941 bits per heavy atom. The van der Waals surface area contributed by atoms with Gasteiger partial charge in [-0.3, -0.25) is 0 Å². The normalized spacial score (nSPS) is 9.41. The van der Waals surface area contributed by atoms with Crippen molar-refractivity contribution in [3.63, 3.8) is 0 Å². The lowest BCUT2D eigenvalue weighted by Gasteiger charge is -2.09. The second-order valence-corrected chi connectivity index (χ2v) is 3.36. The van der Waals surface area contributed by atoms with Gasteiger partial charge in [0.1, 0.15) is 5.75 Å². The van der Waals surface area contributed by atoms with Crippen LogP contribution in [0.5, 0.6) is 17.2 Å². The minimum Gasteiger partial charge on any atom is -0.493 e. The molecule has 3 heteroatoms. The van der Waals surface area contributed by atoms with E-state index in [1.54, 1.807) is 31.4 Å². The number of nitrogens with zero attached hydrogens (tertiary/aromatic N) is 1. The summed E-state index contributed by atoms with van der Waals surface area (Å²) < 4.78 is 10.9. The van der Waals surface area contributed by atoms with Gasteiger partial charge in [-0.05, 0) is 24.3 Å². The number of rotatable bonds is 3. The Morgan fingerprint density at radius 3 is 2.18 bits per heavy atom. The number of benzene rings is 2. The fourth-order valence-corrected chi connectivity index (χ4v) is 1.42. The van der Waals surface area contributed by atoms with Gasteiger partial charge in [0.15, 0.2) is 17.2 Å². The summed E-state index contributed by atoms with van der Waals surface area (Å²) in [5.74, 6) is 2.02. The average molecular weight is 225 g/mol. The number of para-hydroxylation sites is 2. The molecule has 2 aromatic carbocycles. The second kappa shape index (κ2) is 5.04. The Balaban J connectivity index is 2.22. The van der Waals surface area contributed by atoms with Crippen molar-refractivity contribution in [2.24, 2.45) is 0 Å². The molecule has 2 aromatic rings. The molecule has 0 bridgehead atoms. The molecule has 0 heterocycles. The monoisotopic (exact) mass is 225 g/mol. The summed E-state index contributed by atoms with van der Waals surface area (Å²) >= 11 is 0. The summed E-state index contributed by atoms with van der Waals surface area (Å²) in [5.41, 5.74) is 0.595. The molecule has 0 amide bonds. The Morgan fingerprint density at radius 2 is 1.59 bits per heavy atom. The molecule has 84 valence electrons. The molecule has 0 fully saturated rings. The predicted molar refractivity (Wildman–Crippen MR) is 65.8 cm³/mol. The molecule has 0 aliphatic carbocycles. The van der Waals surface area contributed by atoms with Gasteiger partial charge in [0.05, 0.1) is 13.7 Å². The van der Waals surface area contributed by atoms with Crippen molar-refractivity contribution in [2.75, 3.05) is 7.11 Å². The maximum absolute atomic E-state index is 6.86. The van der Waals surface area contributed by atoms with E-state index in [0.29, 0.717) is 22.9 Å². The lowest BCUT2D eigenvalue weighted by molar-refractivity contribution is 0.379. The van der Waals surface area contributed by atoms with Crippen molar-refractivity contribution in [3.05, 3.63) is 59.9 Å². The van der Waals surface area contributed by atoms with Gasteiger partial charge in [-0.1, -0.05) is 24.3 Å². The molecule has 0 N–H and O–H groups in total. The Bertz CT molecular complexity index is 541. The second-order valence-electron chi connectivity index (χ2n) is 3.36. The van der Waals surface area contributed by atoms with E-state index in [0.717, 1.165) is 0 Å². The summed E-state index contributed by atoms with van der Waals surface area (Å²) in [6.45, 7) is 6.86. The molecule has 0 aromatic heterocycles. The van der Waals surface area contributed by atoms with Crippen LogP contribution in [0.3, 0.4) is 0 Å². The highest BCUT2D eigenvalue weighted by atomic mass is 16.5. The quantitative estimate of drug-likeness (QED) is 0.736. The van der Waals surface area contributed by atoms with E-state index in [4.69, 9.17) is 16.0 Å². The summed E-state index contributed by atoms with van der Waals surface area (Å²) in [5, 5.41) is 0. The first-order valence-electron chi connectivity index (χ1n) is 5.12. The summed E-state index contributed by atoms with van der Waals surface area (Å²) in [4.78, 5) is 3.32. The van der Waals surface area contributed by atoms with Crippen LogP contribution in [0.4, 0.5) is 5.69 Å². The predicted octanol–water partition coefficient (Wildman–Crippen LogP) is 4.04. The lowest BCUT2D eigenvalue weighted by Crippen LogP contribution is -1.89. The maximum Gasteiger partial charge on any atom is 0.187 e. The Kier molecular flexibility index (Phi) is 3.27. The lowest BCUT2D eigenvalue weighted by atomic mass is 10.3. The third kappa shape index (κ3) is 2.56. The number of hydrogen-bond donors (Lipinski definition) is 0. The minimum absolute atomic E-state index is 0.595. The zero-order valence-corrected chi connectivity index (χ0v) is 9.38. The molecule has 0 aliphatic rings. The van der Waals surface area contributed by atoms with Crippen LogP contribution in [0.2, 0.25) is 0 Å². The SMILES string of the molecule is [C-]#[N+]c1ccc(Oc2ccccc2OC)cc1. The molecule has 0 radical (unpaired) electrons. The fraction of sp³-hybridized carbons (Fsp3) is 0.0714. The Labute approximate surface area is 100 Å². The number of methoxy groups -OCH3 is 1. The molecular formula is C14H11NO2. The van der Waals surface area contributed by atoms with Crippen LogP contribution in [-0.2, 0) is 0 Å². The third-order valence-electron chi connectivity index (χ3n) is 2.26. The van der Waals surface area contributed by atoms with Gasteiger partial charge in [-0.25, -0.2) is 4.85 Å².